The Balaban J connectivity index is 1.80. The molecule has 0 aliphatic carbocycles. The van der Waals surface area contributed by atoms with Crippen LogP contribution in [0.2, 0.25) is 0 Å². The number of carbonyl (C=O) groups excluding carboxylic acids is 2. The fourth-order valence-electron chi connectivity index (χ4n) is 4.70. The number of carbonyl (C=O) groups is 2. The summed E-state index contributed by atoms with van der Waals surface area (Å²) in [6.45, 7) is 9.87. The van der Waals surface area contributed by atoms with E-state index in [1.165, 1.54) is 28.4 Å². The minimum Gasteiger partial charge on any atom is -0.508 e. The maximum Gasteiger partial charge on any atom is 0.243 e. The van der Waals surface area contributed by atoms with Crippen LogP contribution in [0.4, 0.5) is 4.39 Å². The van der Waals surface area contributed by atoms with Crippen molar-refractivity contribution < 1.29 is 19.1 Å². The third-order valence-electron chi connectivity index (χ3n) is 6.73. The second-order valence-electron chi connectivity index (χ2n) is 11.3. The Morgan fingerprint density at radius 2 is 1.74 bits per heavy atom. The van der Waals surface area contributed by atoms with Crippen molar-refractivity contribution in [3.8, 4) is 5.75 Å². The van der Waals surface area contributed by atoms with Crippen LogP contribution in [0.3, 0.4) is 0 Å². The fourth-order valence-corrected chi connectivity index (χ4v) is 5.39. The predicted octanol–water partition coefficient (Wildman–Crippen LogP) is 4.74. The maximum absolute atomic E-state index is 13.7. The normalized spacial score (nSPS) is 14.1. The summed E-state index contributed by atoms with van der Waals surface area (Å²) in [7, 11) is 1.59. The van der Waals surface area contributed by atoms with E-state index in [0.717, 1.165) is 21.7 Å². The number of nitrogens with two attached hydrogens (primary N) is 1. The van der Waals surface area contributed by atoms with Crippen LogP contribution in [0, 0.1) is 11.7 Å². The minimum absolute atomic E-state index is 0.185. The van der Waals surface area contributed by atoms with Gasteiger partial charge in [0.15, 0.2) is 0 Å². The summed E-state index contributed by atoms with van der Waals surface area (Å²) >= 11 is 1.44. The van der Waals surface area contributed by atoms with Gasteiger partial charge in [-0.3, -0.25) is 9.59 Å². The molecule has 0 saturated carbocycles. The zero-order chi connectivity index (χ0) is 28.9. The van der Waals surface area contributed by atoms with E-state index in [1.54, 1.807) is 31.4 Å². The number of aromatic hydroxyl groups is 1. The van der Waals surface area contributed by atoms with E-state index in [4.69, 9.17) is 5.73 Å². The lowest BCUT2D eigenvalue weighted by Crippen LogP contribution is -2.55. The van der Waals surface area contributed by atoms with Gasteiger partial charge in [0.25, 0.3) is 0 Å². The molecule has 210 valence electrons. The molecule has 3 rings (SSSR count). The molecule has 0 bridgehead atoms. The minimum atomic E-state index is -0.878. The Morgan fingerprint density at radius 1 is 1.10 bits per heavy atom. The van der Waals surface area contributed by atoms with Gasteiger partial charge in [-0.25, -0.2) is 9.37 Å². The molecular formula is C30H39FN4O3S. The number of hydrogen-bond acceptors (Lipinski definition) is 6. The highest BCUT2D eigenvalue weighted by atomic mass is 32.1. The Labute approximate surface area is 234 Å². The van der Waals surface area contributed by atoms with Gasteiger partial charge >= 0.3 is 0 Å². The number of likely N-dealkylation sites (N-methyl/N-ethyl adjacent to an activating group) is 1. The Morgan fingerprint density at radius 3 is 2.31 bits per heavy atom. The first-order valence-electron chi connectivity index (χ1n) is 13.1. The van der Waals surface area contributed by atoms with Crippen LogP contribution in [0.25, 0.3) is 0 Å². The highest BCUT2D eigenvalue weighted by Gasteiger charge is 2.34. The second kappa shape index (κ2) is 12.7. The average molecular weight is 555 g/mol. The Hall–Kier alpha value is -3.30. The fraction of sp³-hybridized carbons (Fsp3) is 0.433. The number of hydrogen-bond donors (Lipinski definition) is 3. The van der Waals surface area contributed by atoms with Crippen molar-refractivity contribution >= 4 is 23.2 Å². The average Bonchev–Trinajstić information content (AvgIpc) is 3.40. The summed E-state index contributed by atoms with van der Waals surface area (Å²) in [5.74, 6) is -0.977. The lowest BCUT2D eigenvalue weighted by molar-refractivity contribution is -0.141. The number of nitrogens with zero attached hydrogens (tertiary/aromatic N) is 2. The number of halogens is 1. The van der Waals surface area contributed by atoms with E-state index < -0.39 is 18.1 Å². The van der Waals surface area contributed by atoms with E-state index in [0.29, 0.717) is 6.42 Å². The molecule has 4 N–H and O–H groups in total. The van der Waals surface area contributed by atoms with Crippen LogP contribution in [0.15, 0.2) is 54.0 Å². The molecule has 39 heavy (non-hydrogen) atoms. The molecule has 0 radical (unpaired) electrons. The summed E-state index contributed by atoms with van der Waals surface area (Å²) < 4.78 is 13.3. The molecular weight excluding hydrogens is 515 g/mol. The van der Waals surface area contributed by atoms with Crippen LogP contribution >= 0.6 is 11.3 Å². The molecule has 2 amide bonds. The van der Waals surface area contributed by atoms with Crippen molar-refractivity contribution in [1.29, 1.82) is 0 Å². The third kappa shape index (κ3) is 7.86. The molecule has 1 aromatic heterocycles. The first kappa shape index (κ1) is 30.2. The summed E-state index contributed by atoms with van der Waals surface area (Å²) in [6.07, 6.45) is 2.39. The predicted molar refractivity (Wildman–Crippen MR) is 153 cm³/mol. The lowest BCUT2D eigenvalue weighted by atomic mass is 9.85. The van der Waals surface area contributed by atoms with Crippen molar-refractivity contribution in [3.05, 3.63) is 81.6 Å². The molecule has 0 spiro atoms. The highest BCUT2D eigenvalue weighted by Crippen LogP contribution is 2.32. The molecule has 9 heteroatoms. The molecule has 1 heterocycles. The third-order valence-corrected chi connectivity index (χ3v) is 7.62. The molecule has 2 aromatic carbocycles. The molecule has 0 fully saturated rings. The summed E-state index contributed by atoms with van der Waals surface area (Å²) in [5.41, 5.74) is 8.48. The molecule has 0 aliphatic rings. The molecule has 0 aliphatic heterocycles. The number of phenolic OH excluding ortho intramolecular Hbond substituents is 1. The number of aromatic nitrogens is 1. The van der Waals surface area contributed by atoms with Gasteiger partial charge in [-0.1, -0.05) is 58.9 Å². The number of benzene rings is 2. The molecule has 0 saturated heterocycles. The van der Waals surface area contributed by atoms with Crippen molar-refractivity contribution in [3.63, 3.8) is 0 Å². The topological polar surface area (TPSA) is 109 Å². The monoisotopic (exact) mass is 554 g/mol. The van der Waals surface area contributed by atoms with E-state index in [2.05, 4.69) is 10.3 Å². The van der Waals surface area contributed by atoms with E-state index in [-0.39, 0.29) is 41.1 Å². The first-order valence-corrected chi connectivity index (χ1v) is 13.9. The number of rotatable bonds is 10. The molecule has 3 aromatic rings. The number of phenols is 1. The van der Waals surface area contributed by atoms with Crippen molar-refractivity contribution in [1.82, 2.24) is 15.2 Å². The van der Waals surface area contributed by atoms with Crippen molar-refractivity contribution in [2.24, 2.45) is 11.7 Å². The molecule has 7 nitrogen and oxygen atoms in total. The quantitative estimate of drug-likeness (QED) is 0.336. The van der Waals surface area contributed by atoms with Crippen molar-refractivity contribution in [2.75, 3.05) is 7.05 Å². The Bertz CT molecular complexity index is 1260. The summed E-state index contributed by atoms with van der Waals surface area (Å²) in [4.78, 5) is 32.8. The van der Waals surface area contributed by atoms with Gasteiger partial charge in [0, 0.05) is 18.6 Å². The van der Waals surface area contributed by atoms with Crippen molar-refractivity contribution in [2.45, 2.75) is 71.0 Å². The van der Waals surface area contributed by atoms with E-state index in [9.17, 15) is 19.1 Å². The van der Waals surface area contributed by atoms with Crippen LogP contribution in [-0.4, -0.2) is 45.9 Å². The van der Waals surface area contributed by atoms with Crippen LogP contribution in [-0.2, 0) is 27.8 Å². The zero-order valence-corrected chi connectivity index (χ0v) is 24.3. The van der Waals surface area contributed by atoms with Gasteiger partial charge in [-0.2, -0.15) is 0 Å². The van der Waals surface area contributed by atoms with Gasteiger partial charge in [0.2, 0.25) is 11.8 Å². The molecule has 3 atom stereocenters. The maximum atomic E-state index is 13.7. The standard InChI is InChI=1S/C30H39FN4O3S/c1-18(2)26(35(6)29(38)23(32)16-19-7-10-21(31)11-8-19)27(37)34-24(28-33-13-14-39-28)17-20-9-12-25(36)22(15-20)30(3,4)5/h7-15,18,23-24,26,36H,16-17,32H2,1-6H3,(H,34,37). The number of nitrogens with one attached hydrogen (secondary N) is 1. The van der Waals surface area contributed by atoms with E-state index in [1.807, 2.05) is 52.1 Å². The Kier molecular flexibility index (Phi) is 9.85. The lowest BCUT2D eigenvalue weighted by Gasteiger charge is -2.33. The zero-order valence-electron chi connectivity index (χ0n) is 23.4. The van der Waals surface area contributed by atoms with Gasteiger partial charge in [-0.15, -0.1) is 11.3 Å². The van der Waals surface area contributed by atoms with Gasteiger partial charge in [0.05, 0.1) is 12.1 Å². The SMILES string of the molecule is CC(C)C(C(=O)NC(Cc1ccc(O)c(C(C)(C)C)c1)c1nccs1)N(C)C(=O)C(N)Cc1ccc(F)cc1. The first-order chi connectivity index (χ1) is 18.3. The second-order valence-corrected chi connectivity index (χ2v) is 12.2. The highest BCUT2D eigenvalue weighted by molar-refractivity contribution is 7.09. The number of amides is 2. The van der Waals surface area contributed by atoms with Gasteiger partial charge < -0.3 is 21.1 Å². The number of thiazole rings is 1. The van der Waals surface area contributed by atoms with Gasteiger partial charge in [-0.05, 0) is 59.1 Å². The van der Waals surface area contributed by atoms with Crippen LogP contribution in [0.5, 0.6) is 5.75 Å². The smallest absolute Gasteiger partial charge is 0.243 e. The van der Waals surface area contributed by atoms with Crippen LogP contribution in [0.1, 0.15) is 62.4 Å². The van der Waals surface area contributed by atoms with E-state index >= 15 is 0 Å². The van der Waals surface area contributed by atoms with Crippen LogP contribution < -0.4 is 11.1 Å². The molecule has 3 unspecified atom stereocenters. The summed E-state index contributed by atoms with van der Waals surface area (Å²) in [5, 5.41) is 16.1. The largest absolute Gasteiger partial charge is 0.508 e. The van der Waals surface area contributed by atoms with Gasteiger partial charge in [0.1, 0.15) is 22.6 Å². The summed E-state index contributed by atoms with van der Waals surface area (Å²) in [6, 6.07) is 9.30.